The van der Waals surface area contributed by atoms with E-state index in [1.807, 2.05) is 0 Å². The van der Waals surface area contributed by atoms with Crippen molar-refractivity contribution in [1.29, 1.82) is 0 Å². The van der Waals surface area contributed by atoms with E-state index >= 15 is 0 Å². The lowest BCUT2D eigenvalue weighted by Crippen LogP contribution is -1.92. The third kappa shape index (κ3) is 2.16. The summed E-state index contributed by atoms with van der Waals surface area (Å²) in [5.74, 6) is -0.190. The maximum Gasteiger partial charge on any atom is 0.128 e. The number of allylic oxidation sites excluding steroid dienone is 2. The predicted molar refractivity (Wildman–Crippen MR) is 57.0 cm³/mol. The van der Waals surface area contributed by atoms with Crippen LogP contribution in [-0.2, 0) is 6.42 Å². The molecule has 0 aromatic heterocycles. The zero-order valence-electron chi connectivity index (χ0n) is 7.89. The predicted octanol–water partition coefficient (Wildman–Crippen LogP) is 4.13. The molecule has 0 nitrogen and oxygen atoms in total. The van der Waals surface area contributed by atoms with E-state index in [1.54, 1.807) is 12.1 Å². The van der Waals surface area contributed by atoms with Gasteiger partial charge in [-0.3, -0.25) is 0 Å². The first-order valence-electron chi connectivity index (χ1n) is 4.87. The van der Waals surface area contributed by atoms with Crippen molar-refractivity contribution in [2.75, 3.05) is 0 Å². The van der Waals surface area contributed by atoms with Gasteiger partial charge in [0.25, 0.3) is 0 Å². The minimum atomic E-state index is -0.190. The van der Waals surface area contributed by atoms with E-state index in [1.165, 1.54) is 18.1 Å². The molecule has 0 amide bonds. The van der Waals surface area contributed by atoms with Gasteiger partial charge in [0, 0.05) is 5.02 Å². The number of benzene rings is 1. The molecule has 14 heavy (non-hydrogen) atoms. The molecule has 0 fully saturated rings. The second-order valence-corrected chi connectivity index (χ2v) is 4.10. The van der Waals surface area contributed by atoms with Gasteiger partial charge in [-0.2, -0.15) is 0 Å². The topological polar surface area (TPSA) is 0 Å². The first kappa shape index (κ1) is 9.72. The highest BCUT2D eigenvalue weighted by molar-refractivity contribution is 6.30. The Kier molecular flexibility index (Phi) is 2.87. The molecule has 0 saturated heterocycles. The summed E-state index contributed by atoms with van der Waals surface area (Å²) in [5.41, 5.74) is 2.11. The van der Waals surface area contributed by atoms with Gasteiger partial charge in [0.2, 0.25) is 0 Å². The van der Waals surface area contributed by atoms with Gasteiger partial charge in [0.15, 0.2) is 0 Å². The lowest BCUT2D eigenvalue weighted by atomic mass is 10.0. The van der Waals surface area contributed by atoms with Crippen molar-refractivity contribution in [3.05, 3.63) is 46.3 Å². The minimum absolute atomic E-state index is 0.190. The molecule has 0 bridgehead atoms. The molecule has 1 aromatic carbocycles. The molecular formula is C12H12ClF. The van der Waals surface area contributed by atoms with Gasteiger partial charge < -0.3 is 0 Å². The summed E-state index contributed by atoms with van der Waals surface area (Å²) in [5, 5.41) is 0.464. The van der Waals surface area contributed by atoms with E-state index in [-0.39, 0.29) is 5.82 Å². The van der Waals surface area contributed by atoms with Crippen molar-refractivity contribution < 1.29 is 4.39 Å². The van der Waals surface area contributed by atoms with Crippen LogP contribution >= 0.6 is 11.6 Å². The summed E-state index contributed by atoms with van der Waals surface area (Å²) in [4.78, 5) is 0. The Balaban J connectivity index is 2.16. The van der Waals surface area contributed by atoms with Crippen LogP contribution in [0.2, 0.25) is 5.02 Å². The van der Waals surface area contributed by atoms with E-state index in [0.29, 0.717) is 5.02 Å². The lowest BCUT2D eigenvalue weighted by molar-refractivity contribution is 0.612. The highest BCUT2D eigenvalue weighted by Gasteiger charge is 2.08. The van der Waals surface area contributed by atoms with Gasteiger partial charge in [0.05, 0.1) is 0 Å². The average Bonchev–Trinajstić information content (AvgIpc) is 2.62. The van der Waals surface area contributed by atoms with Gasteiger partial charge in [0.1, 0.15) is 5.82 Å². The number of rotatable bonds is 2. The van der Waals surface area contributed by atoms with Crippen LogP contribution in [0.25, 0.3) is 0 Å². The number of halogens is 2. The molecule has 0 heterocycles. The van der Waals surface area contributed by atoms with E-state index in [2.05, 4.69) is 6.08 Å². The molecular weight excluding hydrogens is 199 g/mol. The Hall–Kier alpha value is -0.820. The van der Waals surface area contributed by atoms with E-state index in [0.717, 1.165) is 24.8 Å². The molecule has 0 unspecified atom stereocenters. The zero-order chi connectivity index (χ0) is 9.97. The van der Waals surface area contributed by atoms with Crippen molar-refractivity contribution in [2.24, 2.45) is 0 Å². The molecule has 74 valence electrons. The van der Waals surface area contributed by atoms with E-state index in [9.17, 15) is 4.39 Å². The average molecular weight is 211 g/mol. The fraction of sp³-hybridized carbons (Fsp3) is 0.333. The first-order chi connectivity index (χ1) is 6.75. The molecule has 1 aliphatic rings. The van der Waals surface area contributed by atoms with Crippen molar-refractivity contribution in [3.8, 4) is 0 Å². The van der Waals surface area contributed by atoms with Gasteiger partial charge in [-0.05, 0) is 43.4 Å². The Morgan fingerprint density at radius 1 is 1.36 bits per heavy atom. The van der Waals surface area contributed by atoms with Crippen LogP contribution in [0.1, 0.15) is 24.8 Å². The smallest absolute Gasteiger partial charge is 0.128 e. The lowest BCUT2D eigenvalue weighted by Gasteiger charge is -2.04. The Bertz CT molecular complexity index is 369. The highest BCUT2D eigenvalue weighted by Crippen LogP contribution is 2.24. The van der Waals surface area contributed by atoms with Crippen LogP contribution in [0.4, 0.5) is 4.39 Å². The third-order valence-corrected chi connectivity index (χ3v) is 2.80. The standard InChI is InChI=1S/C12H12ClF/c13-11-6-5-10(12(14)8-11)7-9-3-1-2-4-9/h3,5-6,8H,1-2,4,7H2. The van der Waals surface area contributed by atoms with Crippen molar-refractivity contribution in [3.63, 3.8) is 0 Å². The third-order valence-electron chi connectivity index (χ3n) is 2.57. The van der Waals surface area contributed by atoms with Crippen molar-refractivity contribution >= 4 is 11.6 Å². The van der Waals surface area contributed by atoms with Crippen molar-refractivity contribution in [1.82, 2.24) is 0 Å². The molecule has 1 aliphatic carbocycles. The van der Waals surface area contributed by atoms with Gasteiger partial charge in [-0.25, -0.2) is 4.39 Å². The van der Waals surface area contributed by atoms with Gasteiger partial charge in [-0.1, -0.05) is 29.3 Å². The summed E-state index contributed by atoms with van der Waals surface area (Å²) in [7, 11) is 0. The van der Waals surface area contributed by atoms with Gasteiger partial charge in [-0.15, -0.1) is 0 Å². The van der Waals surface area contributed by atoms with Crippen LogP contribution in [0.3, 0.4) is 0 Å². The first-order valence-corrected chi connectivity index (χ1v) is 5.25. The fourth-order valence-corrected chi connectivity index (χ4v) is 1.97. The monoisotopic (exact) mass is 210 g/mol. The Morgan fingerprint density at radius 3 is 2.86 bits per heavy atom. The van der Waals surface area contributed by atoms with Crippen LogP contribution < -0.4 is 0 Å². The second-order valence-electron chi connectivity index (χ2n) is 3.67. The summed E-state index contributed by atoms with van der Waals surface area (Å²) < 4.78 is 13.4. The normalized spacial score (nSPS) is 15.7. The van der Waals surface area contributed by atoms with Crippen LogP contribution in [0.15, 0.2) is 29.8 Å². The number of hydrogen-bond donors (Lipinski definition) is 0. The Labute approximate surface area is 88.4 Å². The van der Waals surface area contributed by atoms with Crippen LogP contribution in [0, 0.1) is 5.82 Å². The molecule has 0 N–H and O–H groups in total. The van der Waals surface area contributed by atoms with Gasteiger partial charge >= 0.3 is 0 Å². The molecule has 2 heteroatoms. The fourth-order valence-electron chi connectivity index (χ4n) is 1.81. The molecule has 0 aliphatic heterocycles. The number of hydrogen-bond acceptors (Lipinski definition) is 0. The van der Waals surface area contributed by atoms with Crippen LogP contribution in [0.5, 0.6) is 0 Å². The van der Waals surface area contributed by atoms with Crippen molar-refractivity contribution in [2.45, 2.75) is 25.7 Å². The molecule has 0 spiro atoms. The zero-order valence-corrected chi connectivity index (χ0v) is 8.65. The maximum atomic E-state index is 13.4. The summed E-state index contributed by atoms with van der Waals surface area (Å²) in [6.07, 6.45) is 6.42. The summed E-state index contributed by atoms with van der Waals surface area (Å²) in [6, 6.07) is 4.90. The largest absolute Gasteiger partial charge is 0.207 e. The van der Waals surface area contributed by atoms with Crippen LogP contribution in [-0.4, -0.2) is 0 Å². The van der Waals surface area contributed by atoms with E-state index < -0.39 is 0 Å². The minimum Gasteiger partial charge on any atom is -0.207 e. The second kappa shape index (κ2) is 4.14. The summed E-state index contributed by atoms with van der Waals surface area (Å²) >= 11 is 5.68. The molecule has 1 aromatic rings. The maximum absolute atomic E-state index is 13.4. The molecule has 2 rings (SSSR count). The van der Waals surface area contributed by atoms with E-state index in [4.69, 9.17) is 11.6 Å². The highest BCUT2D eigenvalue weighted by atomic mass is 35.5. The molecule has 0 saturated carbocycles. The molecule has 0 atom stereocenters. The SMILES string of the molecule is Fc1cc(Cl)ccc1CC1=CCCC1. The Morgan fingerprint density at radius 2 is 2.21 bits per heavy atom. The molecule has 0 radical (unpaired) electrons. The summed E-state index contributed by atoms with van der Waals surface area (Å²) in [6.45, 7) is 0. The quantitative estimate of drug-likeness (QED) is 0.644.